The van der Waals surface area contributed by atoms with Crippen molar-refractivity contribution >= 4 is 69.9 Å². The molecular weight excluding hydrogens is 819 g/mol. The maximum atomic E-state index is 15.3. The molecule has 21 heteroatoms. The Morgan fingerprint density at radius 2 is 1.53 bits per heavy atom. The zero-order valence-electron chi connectivity index (χ0n) is 27.6. The first-order valence-corrected chi connectivity index (χ1v) is 17.0. The van der Waals surface area contributed by atoms with Gasteiger partial charge in [0.15, 0.2) is 38.8 Å². The third kappa shape index (κ3) is 5.16. The fraction of sp³-hybridized carbons (Fsp3) is 0.324. The number of imide groups is 2. The minimum atomic E-state index is -4.95. The summed E-state index contributed by atoms with van der Waals surface area (Å²) in [7, 11) is 2.27. The summed E-state index contributed by atoms with van der Waals surface area (Å²) < 4.78 is 119. The summed E-state index contributed by atoms with van der Waals surface area (Å²) in [6.07, 6.45) is -4.77. The van der Waals surface area contributed by atoms with Crippen molar-refractivity contribution in [3.05, 3.63) is 87.3 Å². The Hall–Kier alpha value is -4.68. The summed E-state index contributed by atoms with van der Waals surface area (Å²) >= 11 is 20.3. The normalized spacial score (nSPS) is 27.6. The van der Waals surface area contributed by atoms with E-state index in [2.05, 4.69) is 4.98 Å². The SMILES string of the molecule is COc1ccc(O)c([C@H]2C3=CC[C@@H]4C(=O)N(N(C)c5nc(C(F)(F)F)ccc5Cl)C(=O)[C@@H]4[C@@H]3C[C@@]3(Cl)C(=O)N(c4c(F)c(F)c(F)c(F)c4F)C(=O)[C@@]23Cl)c1. The van der Waals surface area contributed by atoms with Gasteiger partial charge in [0.1, 0.15) is 22.9 Å². The molecule has 2 saturated heterocycles. The maximum absolute atomic E-state index is 15.3. The highest BCUT2D eigenvalue weighted by Crippen LogP contribution is 2.67. The van der Waals surface area contributed by atoms with Crippen LogP contribution in [0, 0.1) is 46.8 Å². The van der Waals surface area contributed by atoms with Crippen LogP contribution in [-0.4, -0.2) is 62.6 Å². The molecule has 4 aliphatic rings. The minimum Gasteiger partial charge on any atom is -0.508 e. The quantitative estimate of drug-likeness (QED) is 0.0747. The number of benzene rings is 2. The van der Waals surface area contributed by atoms with Gasteiger partial charge in [-0.1, -0.05) is 23.3 Å². The number of phenolic OH excluding ortho intramolecular Hbond substituents is 1. The molecule has 3 heterocycles. The molecule has 2 aliphatic heterocycles. The second-order valence-corrected chi connectivity index (χ2v) is 14.8. The number of hydrogen-bond acceptors (Lipinski definition) is 8. The zero-order valence-corrected chi connectivity index (χ0v) is 29.9. The number of allylic oxidation sites excluding steroid dienone is 2. The van der Waals surface area contributed by atoms with E-state index in [1.165, 1.54) is 25.3 Å². The Balaban J connectivity index is 1.40. The molecule has 10 nitrogen and oxygen atoms in total. The molecule has 3 aromatic rings. The summed E-state index contributed by atoms with van der Waals surface area (Å²) in [6.45, 7) is 0. The van der Waals surface area contributed by atoms with Crippen LogP contribution in [0.4, 0.5) is 46.6 Å². The van der Waals surface area contributed by atoms with Crippen LogP contribution in [-0.2, 0) is 25.4 Å². The van der Waals surface area contributed by atoms with Crippen LogP contribution in [0.3, 0.4) is 0 Å². The van der Waals surface area contributed by atoms with E-state index in [-0.39, 0.29) is 33.2 Å². The lowest BCUT2D eigenvalue weighted by Gasteiger charge is -2.50. The lowest BCUT2D eigenvalue weighted by molar-refractivity contribution is -0.141. The Morgan fingerprint density at radius 1 is 0.909 bits per heavy atom. The number of methoxy groups -OCH3 is 1. The number of ether oxygens (including phenoxy) is 1. The van der Waals surface area contributed by atoms with Crippen molar-refractivity contribution in [2.45, 2.75) is 34.7 Å². The lowest BCUT2D eigenvalue weighted by atomic mass is 9.56. The van der Waals surface area contributed by atoms with Gasteiger partial charge < -0.3 is 9.84 Å². The van der Waals surface area contributed by atoms with E-state index >= 15 is 8.78 Å². The molecule has 290 valence electrons. The number of rotatable bonds is 5. The summed E-state index contributed by atoms with van der Waals surface area (Å²) in [6, 6.07) is 4.97. The predicted octanol–water partition coefficient (Wildman–Crippen LogP) is 6.78. The minimum absolute atomic E-state index is 0.00244. The fourth-order valence-corrected chi connectivity index (χ4v) is 9.15. The van der Waals surface area contributed by atoms with Gasteiger partial charge in [-0.05, 0) is 49.1 Å². The number of aromatic nitrogens is 1. The van der Waals surface area contributed by atoms with E-state index in [1.807, 2.05) is 0 Å². The van der Waals surface area contributed by atoms with Crippen LogP contribution < -0.4 is 14.6 Å². The van der Waals surface area contributed by atoms with Crippen molar-refractivity contribution in [1.29, 1.82) is 0 Å². The Labute approximate surface area is 318 Å². The average Bonchev–Trinajstić information content (AvgIpc) is 3.47. The van der Waals surface area contributed by atoms with Crippen molar-refractivity contribution in [3.8, 4) is 11.5 Å². The first-order valence-electron chi connectivity index (χ1n) is 15.8. The number of nitrogens with zero attached hydrogens (tertiary/aromatic N) is 4. The number of fused-ring (bicyclic) bond motifs is 4. The van der Waals surface area contributed by atoms with E-state index in [0.29, 0.717) is 16.1 Å². The van der Waals surface area contributed by atoms with Crippen molar-refractivity contribution in [3.63, 3.8) is 0 Å². The third-order valence-corrected chi connectivity index (χ3v) is 12.2. The van der Waals surface area contributed by atoms with Crippen molar-refractivity contribution in [1.82, 2.24) is 9.99 Å². The number of anilines is 2. The summed E-state index contributed by atoms with van der Waals surface area (Å²) in [5.74, 6) is -25.6. The van der Waals surface area contributed by atoms with Gasteiger partial charge in [0.25, 0.3) is 23.6 Å². The van der Waals surface area contributed by atoms with Gasteiger partial charge in [-0.2, -0.15) is 18.2 Å². The number of hydrazine groups is 1. The smallest absolute Gasteiger partial charge is 0.433 e. The van der Waals surface area contributed by atoms with Crippen LogP contribution >= 0.6 is 34.8 Å². The number of alkyl halides is 5. The highest BCUT2D eigenvalue weighted by molar-refractivity contribution is 6.58. The van der Waals surface area contributed by atoms with Crippen molar-refractivity contribution in [2.24, 2.45) is 17.8 Å². The molecule has 3 fully saturated rings. The van der Waals surface area contributed by atoms with Gasteiger partial charge >= 0.3 is 6.18 Å². The second kappa shape index (κ2) is 12.7. The summed E-state index contributed by atoms with van der Waals surface area (Å²) in [5, 5.41) is 12.0. The Kier molecular flexibility index (Phi) is 8.89. The lowest BCUT2D eigenvalue weighted by Crippen LogP contribution is -2.60. The van der Waals surface area contributed by atoms with Gasteiger partial charge in [-0.25, -0.2) is 31.8 Å². The molecule has 0 spiro atoms. The summed E-state index contributed by atoms with van der Waals surface area (Å²) in [4.78, 5) is 54.3. The van der Waals surface area contributed by atoms with E-state index in [0.717, 1.165) is 19.2 Å². The number of phenols is 1. The Bertz CT molecular complexity index is 2270. The molecule has 4 amide bonds. The molecule has 2 aliphatic carbocycles. The molecule has 1 saturated carbocycles. The van der Waals surface area contributed by atoms with Gasteiger partial charge in [-0.15, -0.1) is 23.2 Å². The number of aromatic hydroxyl groups is 1. The number of halogens is 11. The van der Waals surface area contributed by atoms with Gasteiger partial charge in [0.05, 0.1) is 24.0 Å². The number of hydrogen-bond donors (Lipinski definition) is 1. The monoisotopic (exact) mass is 838 g/mol. The fourth-order valence-electron chi connectivity index (χ4n) is 7.99. The van der Waals surface area contributed by atoms with Gasteiger partial charge in [0.2, 0.25) is 5.82 Å². The molecule has 7 rings (SSSR count). The van der Waals surface area contributed by atoms with Crippen LogP contribution in [0.15, 0.2) is 42.0 Å². The number of carbonyl (C=O) groups excluding carboxylic acids is 4. The van der Waals surface area contributed by atoms with Gasteiger partial charge in [0, 0.05) is 18.5 Å². The first kappa shape index (κ1) is 38.6. The average molecular weight is 840 g/mol. The van der Waals surface area contributed by atoms with E-state index < -0.39 is 122 Å². The van der Waals surface area contributed by atoms with Crippen molar-refractivity contribution < 1.29 is 64.1 Å². The number of amides is 4. The molecule has 0 radical (unpaired) electrons. The molecule has 0 unspecified atom stereocenters. The molecule has 1 N–H and O–H groups in total. The number of carbonyl (C=O) groups is 4. The largest absolute Gasteiger partial charge is 0.508 e. The van der Waals surface area contributed by atoms with Crippen molar-refractivity contribution in [2.75, 3.05) is 24.1 Å². The zero-order chi connectivity index (χ0) is 40.4. The molecule has 1 aromatic heterocycles. The van der Waals surface area contributed by atoms with E-state index in [4.69, 9.17) is 39.5 Å². The highest BCUT2D eigenvalue weighted by atomic mass is 35.5. The first-order chi connectivity index (χ1) is 25.6. The molecule has 55 heavy (non-hydrogen) atoms. The van der Waals surface area contributed by atoms with Crippen LogP contribution in [0.5, 0.6) is 11.5 Å². The Morgan fingerprint density at radius 3 is 2.13 bits per heavy atom. The van der Waals surface area contributed by atoms with Crippen LogP contribution in [0.25, 0.3) is 0 Å². The molecule has 0 bridgehead atoms. The molecular formula is C34H21Cl3F8N4O6. The maximum Gasteiger partial charge on any atom is 0.433 e. The second-order valence-electron chi connectivity index (χ2n) is 13.1. The van der Waals surface area contributed by atoms with Crippen LogP contribution in [0.2, 0.25) is 5.02 Å². The van der Waals surface area contributed by atoms with Gasteiger partial charge in [-0.3, -0.25) is 24.2 Å². The number of pyridine rings is 1. The van der Waals surface area contributed by atoms with E-state index in [1.54, 1.807) is 0 Å². The third-order valence-electron chi connectivity index (χ3n) is 10.5. The topological polar surface area (TPSA) is 120 Å². The molecule has 6 atom stereocenters. The summed E-state index contributed by atoms with van der Waals surface area (Å²) in [5.41, 5.74) is -3.69. The van der Waals surface area contributed by atoms with Crippen LogP contribution in [0.1, 0.15) is 30.0 Å². The standard InChI is InChI=1S/C34H21Cl3F8N4O6/c1-47(27-16(35)6-8-18(46-27)34(43,44)45)49-28(51)13-5-4-12-15(19(13)29(49)52)10-32(36)30(53)48(26-24(41)22(39)21(38)23(40)25(26)42)31(54)33(32,37)20(12)14-9-11(55-2)3-7-17(14)50/h3-4,6-9,13,15,19-20,50H,5,10H2,1-2H3/t13-,15+,19-,20+,32+,33-/m0/s1. The van der Waals surface area contributed by atoms with E-state index in [9.17, 15) is 50.6 Å². The molecule has 2 aromatic carbocycles. The highest BCUT2D eigenvalue weighted by Gasteiger charge is 2.77. The predicted molar refractivity (Wildman–Crippen MR) is 176 cm³/mol.